The van der Waals surface area contributed by atoms with Crippen molar-refractivity contribution < 1.29 is 18.3 Å². The van der Waals surface area contributed by atoms with E-state index in [1.807, 2.05) is 0 Å². The second-order valence-electron chi connectivity index (χ2n) is 12.3. The predicted molar refractivity (Wildman–Crippen MR) is 161 cm³/mol. The van der Waals surface area contributed by atoms with Gasteiger partial charge in [-0.15, -0.1) is 24.8 Å². The average molecular weight is 603 g/mol. The molecule has 0 saturated heterocycles. The van der Waals surface area contributed by atoms with E-state index in [1.165, 1.54) is 68.1 Å². The molecular formula is C33H44Cl2Zr. The predicted octanol–water partition coefficient (Wildman–Crippen LogP) is 9.69. The summed E-state index contributed by atoms with van der Waals surface area (Å²) in [4.78, 5) is 0. The first-order valence-electron chi connectivity index (χ1n) is 14.1. The summed E-state index contributed by atoms with van der Waals surface area (Å²) in [6.45, 7) is 5.39. The molecule has 0 spiro atoms. The molecule has 2 aromatic carbocycles. The number of halogens is 2. The van der Waals surface area contributed by atoms with Gasteiger partial charge in [-0.25, -0.2) is 0 Å². The molecule has 2 fully saturated rings. The summed E-state index contributed by atoms with van der Waals surface area (Å²) in [5.41, 5.74) is 6.17. The Bertz CT molecular complexity index is 1200. The molecule has 4 aliphatic rings. The first-order chi connectivity index (χ1) is 16.5. The third-order valence-corrected chi connectivity index (χ3v) is 32.8. The molecule has 4 aliphatic carbocycles. The zero-order chi connectivity index (χ0) is 23.4. The SMILES string of the molecule is Cl.Cl.[CH2]=[Zr]([C]1=CC=CC1)([c]1cccc2c1Cc1ccccc1-2)([CH](C)C1CCCC1)[CH](C)C1CCCC1. The minimum atomic E-state index is -4.04. The third kappa shape index (κ3) is 3.98. The van der Waals surface area contributed by atoms with Crippen LogP contribution in [0.3, 0.4) is 0 Å². The molecule has 0 bridgehead atoms. The van der Waals surface area contributed by atoms with Crippen LogP contribution in [0.4, 0.5) is 0 Å². The Morgan fingerprint density at radius 1 is 0.778 bits per heavy atom. The summed E-state index contributed by atoms with van der Waals surface area (Å²) in [6, 6.07) is 16.6. The Balaban J connectivity index is 0.00000152. The monoisotopic (exact) mass is 600 g/mol. The van der Waals surface area contributed by atoms with Crippen molar-refractivity contribution in [1.29, 1.82) is 0 Å². The molecule has 2 saturated carbocycles. The van der Waals surface area contributed by atoms with Crippen LogP contribution < -0.4 is 3.27 Å². The molecular weight excluding hydrogens is 558 g/mol. The van der Waals surface area contributed by atoms with Gasteiger partial charge in [0.1, 0.15) is 0 Å². The molecule has 6 rings (SSSR count). The van der Waals surface area contributed by atoms with Crippen molar-refractivity contribution >= 4 is 32.3 Å². The second-order valence-corrected chi connectivity index (χ2v) is 27.7. The number of rotatable bonds is 6. The fourth-order valence-corrected chi connectivity index (χ4v) is 30.5. The van der Waals surface area contributed by atoms with Gasteiger partial charge < -0.3 is 0 Å². The van der Waals surface area contributed by atoms with Crippen LogP contribution in [0.1, 0.15) is 82.8 Å². The van der Waals surface area contributed by atoms with Gasteiger partial charge in [0.15, 0.2) is 0 Å². The third-order valence-electron chi connectivity index (χ3n) is 11.3. The van der Waals surface area contributed by atoms with Crippen molar-refractivity contribution in [3.05, 3.63) is 75.1 Å². The number of fused-ring (bicyclic) bond motifs is 3. The Morgan fingerprint density at radius 2 is 1.36 bits per heavy atom. The molecule has 36 heavy (non-hydrogen) atoms. The van der Waals surface area contributed by atoms with Gasteiger partial charge in [0, 0.05) is 0 Å². The van der Waals surface area contributed by atoms with E-state index < -0.39 is 18.3 Å². The van der Waals surface area contributed by atoms with E-state index in [4.69, 9.17) is 4.21 Å². The van der Waals surface area contributed by atoms with E-state index in [0.29, 0.717) is 0 Å². The van der Waals surface area contributed by atoms with Gasteiger partial charge in [-0.2, -0.15) is 0 Å². The topological polar surface area (TPSA) is 0 Å². The summed E-state index contributed by atoms with van der Waals surface area (Å²) in [6.07, 6.45) is 21.0. The van der Waals surface area contributed by atoms with Gasteiger partial charge in [-0.3, -0.25) is 0 Å². The number of hydrogen-bond acceptors (Lipinski definition) is 0. The number of hydrogen-bond donors (Lipinski definition) is 0. The molecule has 0 aliphatic heterocycles. The maximum atomic E-state index is 5.78. The summed E-state index contributed by atoms with van der Waals surface area (Å²) in [7, 11) is 0. The van der Waals surface area contributed by atoms with Crippen LogP contribution >= 0.6 is 24.8 Å². The van der Waals surface area contributed by atoms with E-state index >= 15 is 0 Å². The molecule has 2 atom stereocenters. The van der Waals surface area contributed by atoms with E-state index in [1.54, 1.807) is 12.1 Å². The van der Waals surface area contributed by atoms with Gasteiger partial charge in [0.05, 0.1) is 0 Å². The molecule has 0 aromatic heterocycles. The van der Waals surface area contributed by atoms with Crippen molar-refractivity contribution in [2.75, 3.05) is 0 Å². The van der Waals surface area contributed by atoms with Crippen LogP contribution in [0.5, 0.6) is 0 Å². The van der Waals surface area contributed by atoms with Crippen LogP contribution in [-0.2, 0) is 24.7 Å². The van der Waals surface area contributed by atoms with Crippen LogP contribution in [0, 0.1) is 11.8 Å². The van der Waals surface area contributed by atoms with Crippen molar-refractivity contribution in [2.24, 2.45) is 11.8 Å². The van der Waals surface area contributed by atoms with Crippen molar-refractivity contribution in [2.45, 2.75) is 85.3 Å². The van der Waals surface area contributed by atoms with Gasteiger partial charge in [-0.1, -0.05) is 0 Å². The van der Waals surface area contributed by atoms with Gasteiger partial charge in [0.2, 0.25) is 0 Å². The van der Waals surface area contributed by atoms with Crippen LogP contribution in [0.25, 0.3) is 11.1 Å². The molecule has 0 radical (unpaired) electrons. The fourth-order valence-electron chi connectivity index (χ4n) is 9.25. The van der Waals surface area contributed by atoms with E-state index in [0.717, 1.165) is 31.9 Å². The van der Waals surface area contributed by atoms with E-state index in [-0.39, 0.29) is 24.8 Å². The summed E-state index contributed by atoms with van der Waals surface area (Å²) in [5.74, 6) is 1.71. The van der Waals surface area contributed by atoms with Crippen molar-refractivity contribution in [3.8, 4) is 11.1 Å². The first-order valence-corrected chi connectivity index (χ1v) is 21.2. The van der Waals surface area contributed by atoms with Gasteiger partial charge >= 0.3 is 209 Å². The molecule has 0 nitrogen and oxygen atoms in total. The van der Waals surface area contributed by atoms with Crippen molar-refractivity contribution in [1.82, 2.24) is 0 Å². The Morgan fingerprint density at radius 3 is 1.94 bits per heavy atom. The zero-order valence-corrected chi connectivity index (χ0v) is 26.3. The Hall–Kier alpha value is -0.747. The summed E-state index contributed by atoms with van der Waals surface area (Å²) >= 11 is -4.04. The zero-order valence-electron chi connectivity index (χ0n) is 22.2. The standard InChI is InChI=1S/C13H9.2C7H13.C5H5.CH2.2ClH.Zr/c1-3-7-12-10(5-1)9-11-6-2-4-8-13(11)12;2*1-2-7-5-3-4-6-7;1-2-4-5-3-1;;;;/h1-5,7-8H,9H2;2*2,7H,3-6H2,1H3;1-3H,4H2;1H2;2*1H;. The summed E-state index contributed by atoms with van der Waals surface area (Å²) < 4.78 is 10.8. The Kier molecular flexibility index (Phi) is 8.47. The van der Waals surface area contributed by atoms with Crippen molar-refractivity contribution in [3.63, 3.8) is 0 Å². The van der Waals surface area contributed by atoms with E-state index in [9.17, 15) is 0 Å². The number of allylic oxidation sites excluding steroid dienone is 4. The fraction of sp³-hybridized carbons (Fsp3) is 0.485. The molecule has 3 heteroatoms. The number of benzene rings is 2. The van der Waals surface area contributed by atoms with Crippen LogP contribution in [-0.4, -0.2) is 4.21 Å². The average Bonchev–Trinajstić information content (AvgIpc) is 3.69. The first kappa shape index (κ1) is 28.3. The quantitative estimate of drug-likeness (QED) is 0.264. The van der Waals surface area contributed by atoms with Gasteiger partial charge in [0.25, 0.3) is 0 Å². The van der Waals surface area contributed by atoms with Crippen LogP contribution in [0.2, 0.25) is 7.25 Å². The second kappa shape index (κ2) is 10.8. The maximum absolute atomic E-state index is 5.78. The molecule has 0 N–H and O–H groups in total. The molecule has 2 aromatic rings. The molecule has 2 unspecified atom stereocenters. The van der Waals surface area contributed by atoms with Gasteiger partial charge in [-0.05, 0) is 0 Å². The summed E-state index contributed by atoms with van der Waals surface area (Å²) in [5, 5.41) is 0. The Labute approximate surface area is 232 Å². The molecule has 0 amide bonds. The minimum absolute atomic E-state index is 0. The van der Waals surface area contributed by atoms with E-state index in [2.05, 4.69) is 74.5 Å². The molecule has 194 valence electrons. The normalized spacial score (nSPS) is 21.4. The van der Waals surface area contributed by atoms with Crippen LogP contribution in [0.15, 0.2) is 64.0 Å². The molecule has 0 heterocycles.